The summed E-state index contributed by atoms with van der Waals surface area (Å²) in [5.41, 5.74) is 9.41. The first-order valence-corrected chi connectivity index (χ1v) is 12.4. The number of ether oxygens (including phenoxy) is 2. The topological polar surface area (TPSA) is 108 Å². The molecule has 0 saturated heterocycles. The molecule has 0 spiro atoms. The van der Waals surface area contributed by atoms with Gasteiger partial charge in [-0.05, 0) is 46.2 Å². The third-order valence-corrected chi connectivity index (χ3v) is 5.89. The van der Waals surface area contributed by atoms with E-state index in [-0.39, 0.29) is 18.0 Å². The Labute approximate surface area is 216 Å². The molecule has 6 N–H and O–H groups in total. The molecule has 0 unspecified atom stereocenters. The van der Waals surface area contributed by atoms with Gasteiger partial charge in [-0.25, -0.2) is 0 Å². The van der Waals surface area contributed by atoms with E-state index in [9.17, 15) is 9.59 Å². The Hall–Kier alpha value is -4.26. The summed E-state index contributed by atoms with van der Waals surface area (Å²) in [6, 6.07) is 23.4. The Balaban J connectivity index is 1.45. The number of carbonyl (C=O) groups excluding carboxylic acids is 2. The predicted molar refractivity (Wildman–Crippen MR) is 147 cm³/mol. The number of hydrogen-bond donors (Lipinski definition) is 2. The molecule has 0 saturated carbocycles. The zero-order valence-electron chi connectivity index (χ0n) is 20.8. The highest BCUT2D eigenvalue weighted by atomic mass is 16.5. The van der Waals surface area contributed by atoms with Crippen molar-refractivity contribution in [3.05, 3.63) is 96.1 Å². The minimum Gasteiger partial charge on any atom is -0.487 e. The van der Waals surface area contributed by atoms with Crippen LogP contribution in [-0.4, -0.2) is 37.9 Å². The lowest BCUT2D eigenvalue weighted by Crippen LogP contribution is -2.52. The summed E-state index contributed by atoms with van der Waals surface area (Å²) in [7, 11) is 0. The molecular formula is C31H32N2O4+2. The number of benzene rings is 4. The van der Waals surface area contributed by atoms with E-state index < -0.39 is 0 Å². The molecule has 0 aromatic heterocycles. The van der Waals surface area contributed by atoms with E-state index in [0.717, 1.165) is 44.2 Å². The number of quaternary nitrogens is 2. The zero-order valence-corrected chi connectivity index (χ0v) is 20.8. The fourth-order valence-corrected chi connectivity index (χ4v) is 4.15. The van der Waals surface area contributed by atoms with E-state index in [0.29, 0.717) is 26.3 Å². The van der Waals surface area contributed by atoms with E-state index in [1.807, 2.05) is 72.8 Å². The van der Waals surface area contributed by atoms with Crippen molar-refractivity contribution in [2.45, 2.75) is 6.42 Å². The quantitative estimate of drug-likeness (QED) is 0.231. The van der Waals surface area contributed by atoms with Crippen molar-refractivity contribution in [1.82, 2.24) is 0 Å². The molecule has 0 amide bonds. The minimum absolute atomic E-state index is 0.196. The van der Waals surface area contributed by atoms with Crippen molar-refractivity contribution in [2.24, 2.45) is 0 Å². The summed E-state index contributed by atoms with van der Waals surface area (Å²) >= 11 is 0. The van der Waals surface area contributed by atoms with Crippen LogP contribution in [0.2, 0.25) is 0 Å². The van der Waals surface area contributed by atoms with Gasteiger partial charge >= 0.3 is 0 Å². The van der Waals surface area contributed by atoms with Gasteiger partial charge in [-0.1, -0.05) is 72.8 Å². The maximum atomic E-state index is 12.5. The highest BCUT2D eigenvalue weighted by Gasteiger charge is 2.09. The number of fused-ring (bicyclic) bond motifs is 2. The third kappa shape index (κ3) is 6.50. The monoisotopic (exact) mass is 496 g/mol. The highest BCUT2D eigenvalue weighted by Crippen LogP contribution is 2.30. The average molecular weight is 497 g/mol. The van der Waals surface area contributed by atoms with Crippen LogP contribution in [-0.2, 0) is 9.59 Å². The lowest BCUT2D eigenvalue weighted by Gasteiger charge is -2.10. The third-order valence-electron chi connectivity index (χ3n) is 5.89. The van der Waals surface area contributed by atoms with Gasteiger partial charge in [-0.3, -0.25) is 9.59 Å². The molecule has 4 aromatic carbocycles. The normalized spacial score (nSPS) is 11.5. The van der Waals surface area contributed by atoms with Crippen LogP contribution in [0.5, 0.6) is 11.5 Å². The highest BCUT2D eigenvalue weighted by molar-refractivity contribution is 6.12. The minimum atomic E-state index is -0.252. The van der Waals surface area contributed by atoms with E-state index in [1.165, 1.54) is 12.2 Å². The molecular weight excluding hydrogens is 464 g/mol. The largest absolute Gasteiger partial charge is 0.487 e. The molecule has 188 valence electrons. The number of rotatable bonds is 12. The van der Waals surface area contributed by atoms with Gasteiger partial charge in [0, 0.05) is 10.8 Å². The second-order valence-corrected chi connectivity index (χ2v) is 8.58. The lowest BCUT2D eigenvalue weighted by molar-refractivity contribution is -0.371. The standard InChI is InChI=1S/C31H30N2O4/c32-17-19-36-30-15-11-22(26-5-1-3-7-28(26)30)9-13-24(34)21-25(35)14-10-23-12-16-31(37-20-18-33)29-8-4-2-6-27(23)29/h1-16H,17-21,32-33H2/p+2/b13-9+,14-10+. The van der Waals surface area contributed by atoms with Crippen LogP contribution in [0.15, 0.2) is 84.9 Å². The van der Waals surface area contributed by atoms with E-state index in [1.54, 1.807) is 12.2 Å². The number of ketones is 2. The van der Waals surface area contributed by atoms with E-state index in [4.69, 9.17) is 9.47 Å². The average Bonchev–Trinajstić information content (AvgIpc) is 2.93. The second-order valence-electron chi connectivity index (χ2n) is 8.58. The Morgan fingerprint density at radius 1 is 0.595 bits per heavy atom. The summed E-state index contributed by atoms with van der Waals surface area (Å²) in [6.45, 7) is 2.44. The van der Waals surface area contributed by atoms with Crippen LogP contribution in [0, 0.1) is 0 Å². The van der Waals surface area contributed by atoms with Gasteiger partial charge in [0.2, 0.25) is 0 Å². The summed E-state index contributed by atoms with van der Waals surface area (Å²) in [5, 5.41) is 3.90. The Bertz CT molecular complexity index is 1360. The summed E-state index contributed by atoms with van der Waals surface area (Å²) < 4.78 is 11.6. The van der Waals surface area contributed by atoms with Gasteiger partial charge < -0.3 is 20.9 Å². The SMILES string of the molecule is [NH3+]CCOc1ccc(/C=C/C(=O)CC(=O)/C=C/c2ccc(OCC[NH3+])c3ccccc23)c2ccccc12. The summed E-state index contributed by atoms with van der Waals surface area (Å²) in [5.74, 6) is 1.07. The molecule has 0 atom stereocenters. The molecule has 0 fully saturated rings. The first-order valence-electron chi connectivity index (χ1n) is 12.4. The number of carbonyl (C=O) groups is 2. The molecule has 0 heterocycles. The van der Waals surface area contributed by atoms with Crippen LogP contribution in [0.4, 0.5) is 0 Å². The Morgan fingerprint density at radius 2 is 1.00 bits per heavy atom. The van der Waals surface area contributed by atoms with Gasteiger partial charge in [0.05, 0.1) is 6.42 Å². The molecule has 4 aromatic rings. The molecule has 0 aliphatic carbocycles. The molecule has 0 aliphatic heterocycles. The van der Waals surface area contributed by atoms with Crippen LogP contribution in [0.25, 0.3) is 33.7 Å². The van der Waals surface area contributed by atoms with Crippen molar-refractivity contribution in [3.63, 3.8) is 0 Å². The van der Waals surface area contributed by atoms with Crippen LogP contribution in [0.3, 0.4) is 0 Å². The molecule has 4 rings (SSSR count). The van der Waals surface area contributed by atoms with Gasteiger partial charge in [0.1, 0.15) is 37.8 Å². The Kier molecular flexibility index (Phi) is 8.81. The van der Waals surface area contributed by atoms with Crippen molar-refractivity contribution in [1.29, 1.82) is 0 Å². The van der Waals surface area contributed by atoms with Crippen molar-refractivity contribution in [3.8, 4) is 11.5 Å². The van der Waals surface area contributed by atoms with E-state index in [2.05, 4.69) is 11.5 Å². The Morgan fingerprint density at radius 3 is 1.41 bits per heavy atom. The zero-order chi connectivity index (χ0) is 26.0. The van der Waals surface area contributed by atoms with Crippen molar-refractivity contribution < 1.29 is 30.5 Å². The van der Waals surface area contributed by atoms with Crippen molar-refractivity contribution >= 4 is 45.3 Å². The second kappa shape index (κ2) is 12.6. The van der Waals surface area contributed by atoms with Crippen molar-refractivity contribution in [2.75, 3.05) is 26.3 Å². The van der Waals surface area contributed by atoms with Gasteiger partial charge in [-0.15, -0.1) is 0 Å². The van der Waals surface area contributed by atoms with Gasteiger partial charge in [0.15, 0.2) is 11.6 Å². The predicted octanol–water partition coefficient (Wildman–Crippen LogP) is 3.49. The van der Waals surface area contributed by atoms with E-state index >= 15 is 0 Å². The lowest BCUT2D eigenvalue weighted by atomic mass is 10.0. The molecule has 6 nitrogen and oxygen atoms in total. The smallest absolute Gasteiger partial charge is 0.163 e. The summed E-state index contributed by atoms with van der Waals surface area (Å²) in [6.07, 6.45) is 6.25. The first-order chi connectivity index (χ1) is 18.1. The van der Waals surface area contributed by atoms with Crippen LogP contribution in [0.1, 0.15) is 17.5 Å². The number of hydrogen-bond acceptors (Lipinski definition) is 4. The molecule has 0 aliphatic rings. The molecule has 0 bridgehead atoms. The molecule has 37 heavy (non-hydrogen) atoms. The van der Waals surface area contributed by atoms with Gasteiger partial charge in [0.25, 0.3) is 0 Å². The maximum Gasteiger partial charge on any atom is 0.163 e. The fraction of sp³-hybridized carbons (Fsp3) is 0.161. The summed E-state index contributed by atoms with van der Waals surface area (Å²) in [4.78, 5) is 25.1. The first kappa shape index (κ1) is 25.8. The van der Waals surface area contributed by atoms with Gasteiger partial charge in [-0.2, -0.15) is 0 Å². The van der Waals surface area contributed by atoms with Crippen LogP contribution < -0.4 is 20.9 Å². The number of allylic oxidation sites excluding steroid dienone is 2. The van der Waals surface area contributed by atoms with Crippen LogP contribution >= 0.6 is 0 Å². The molecule has 6 heteroatoms. The molecule has 0 radical (unpaired) electrons. The maximum absolute atomic E-state index is 12.5. The fourth-order valence-electron chi connectivity index (χ4n) is 4.15.